The molecule has 0 heterocycles. The van der Waals surface area contributed by atoms with Crippen LogP contribution >= 0.6 is 0 Å². The number of aryl methyl sites for hydroxylation is 2. The van der Waals surface area contributed by atoms with Gasteiger partial charge in [0.05, 0.1) is 7.11 Å². The van der Waals surface area contributed by atoms with Crippen molar-refractivity contribution >= 4 is 11.6 Å². The van der Waals surface area contributed by atoms with Crippen molar-refractivity contribution in [3.63, 3.8) is 0 Å². The lowest BCUT2D eigenvalue weighted by Crippen LogP contribution is -2.45. The summed E-state index contributed by atoms with van der Waals surface area (Å²) in [6.07, 6.45) is 3.04. The van der Waals surface area contributed by atoms with E-state index in [1.807, 2.05) is 32.9 Å². The lowest BCUT2D eigenvalue weighted by molar-refractivity contribution is -0.142. The second-order valence-corrected chi connectivity index (χ2v) is 6.33. The molecule has 1 aromatic rings. The van der Waals surface area contributed by atoms with Crippen LogP contribution in [0.4, 0.5) is 5.69 Å². The predicted octanol–water partition coefficient (Wildman–Crippen LogP) is 3.85. The van der Waals surface area contributed by atoms with E-state index in [0.29, 0.717) is 12.5 Å². The van der Waals surface area contributed by atoms with E-state index in [4.69, 9.17) is 9.47 Å². The van der Waals surface area contributed by atoms with Gasteiger partial charge in [0.25, 0.3) is 5.91 Å². The maximum Gasteiger partial charge on any atom is 0.256 e. The number of rotatable bonds is 7. The average molecular weight is 305 g/mol. The Morgan fingerprint density at radius 2 is 1.91 bits per heavy atom. The van der Waals surface area contributed by atoms with E-state index in [9.17, 15) is 4.79 Å². The zero-order chi connectivity index (χ0) is 16.3. The molecule has 1 saturated carbocycles. The van der Waals surface area contributed by atoms with Crippen LogP contribution in [0.3, 0.4) is 0 Å². The average Bonchev–Trinajstić information content (AvgIpc) is 3.29. The highest BCUT2D eigenvalue weighted by atomic mass is 16.5. The molecular formula is C18H27NO3. The number of hydrogen-bond donors (Lipinski definition) is 1. The Kier molecular flexibility index (Phi) is 5.12. The first-order chi connectivity index (χ1) is 10.4. The molecule has 1 amide bonds. The monoisotopic (exact) mass is 305 g/mol. The maximum absolute atomic E-state index is 12.7. The van der Waals surface area contributed by atoms with Crippen molar-refractivity contribution in [1.82, 2.24) is 0 Å². The number of carbonyl (C=O) groups excluding carboxylic acids is 1. The van der Waals surface area contributed by atoms with Gasteiger partial charge in [0.15, 0.2) is 0 Å². The molecule has 2 rings (SSSR count). The molecule has 0 saturated heterocycles. The van der Waals surface area contributed by atoms with Crippen molar-refractivity contribution in [3.8, 4) is 5.75 Å². The zero-order valence-corrected chi connectivity index (χ0v) is 14.3. The van der Waals surface area contributed by atoms with E-state index >= 15 is 0 Å². The molecule has 0 bridgehead atoms. The zero-order valence-electron chi connectivity index (χ0n) is 14.3. The minimum Gasteiger partial charge on any atom is -0.496 e. The fraction of sp³-hybridized carbons (Fsp3) is 0.611. The highest BCUT2D eigenvalue weighted by Crippen LogP contribution is 2.42. The molecule has 1 N–H and O–H groups in total. The molecule has 1 aliphatic rings. The smallest absolute Gasteiger partial charge is 0.256 e. The molecule has 22 heavy (non-hydrogen) atoms. The van der Waals surface area contributed by atoms with Crippen LogP contribution in [0, 0.1) is 19.8 Å². The maximum atomic E-state index is 12.7. The first-order valence-electron chi connectivity index (χ1n) is 8.03. The van der Waals surface area contributed by atoms with E-state index in [1.54, 1.807) is 7.11 Å². The summed E-state index contributed by atoms with van der Waals surface area (Å²) in [7, 11) is 1.66. The molecular weight excluding hydrogens is 278 g/mol. The number of amides is 1. The predicted molar refractivity (Wildman–Crippen MR) is 88.5 cm³/mol. The second-order valence-electron chi connectivity index (χ2n) is 6.33. The van der Waals surface area contributed by atoms with Gasteiger partial charge in [0, 0.05) is 12.3 Å². The Hall–Kier alpha value is -1.55. The fourth-order valence-electron chi connectivity index (χ4n) is 2.92. The van der Waals surface area contributed by atoms with Crippen LogP contribution in [0.1, 0.15) is 44.2 Å². The molecule has 0 aliphatic heterocycles. The SMILES string of the molecule is CCCO[C@](C)(C(=O)Nc1cc(C)c(OC)c(C)c1)C1CC1. The summed E-state index contributed by atoms with van der Waals surface area (Å²) in [6, 6.07) is 3.88. The number of nitrogens with one attached hydrogen (secondary N) is 1. The normalized spacial score (nSPS) is 17.0. The summed E-state index contributed by atoms with van der Waals surface area (Å²) in [4.78, 5) is 12.7. The molecule has 1 aromatic carbocycles. The summed E-state index contributed by atoms with van der Waals surface area (Å²) >= 11 is 0. The van der Waals surface area contributed by atoms with Crippen LogP contribution in [0.15, 0.2) is 12.1 Å². The van der Waals surface area contributed by atoms with Crippen LogP contribution in [0.2, 0.25) is 0 Å². The van der Waals surface area contributed by atoms with E-state index in [2.05, 4.69) is 12.2 Å². The van der Waals surface area contributed by atoms with E-state index < -0.39 is 5.60 Å². The Labute approximate surface area is 133 Å². The minimum atomic E-state index is -0.724. The lowest BCUT2D eigenvalue weighted by atomic mass is 9.98. The van der Waals surface area contributed by atoms with Gasteiger partial charge in [-0.15, -0.1) is 0 Å². The number of methoxy groups -OCH3 is 1. The van der Waals surface area contributed by atoms with Crippen molar-refractivity contribution in [3.05, 3.63) is 23.3 Å². The van der Waals surface area contributed by atoms with Crippen molar-refractivity contribution in [2.24, 2.45) is 5.92 Å². The van der Waals surface area contributed by atoms with E-state index in [0.717, 1.165) is 41.8 Å². The fourth-order valence-corrected chi connectivity index (χ4v) is 2.92. The number of carbonyl (C=O) groups is 1. The number of hydrogen-bond acceptors (Lipinski definition) is 3. The van der Waals surface area contributed by atoms with Crippen molar-refractivity contribution < 1.29 is 14.3 Å². The second kappa shape index (κ2) is 6.69. The summed E-state index contributed by atoms with van der Waals surface area (Å²) < 4.78 is 11.3. The molecule has 0 aromatic heterocycles. The molecule has 1 fully saturated rings. The largest absolute Gasteiger partial charge is 0.496 e. The van der Waals surface area contributed by atoms with Crippen molar-refractivity contribution in [2.75, 3.05) is 19.0 Å². The van der Waals surface area contributed by atoms with Crippen LogP contribution in [-0.4, -0.2) is 25.2 Å². The first kappa shape index (κ1) is 16.8. The molecule has 4 nitrogen and oxygen atoms in total. The number of ether oxygens (including phenoxy) is 2. The van der Waals surface area contributed by atoms with Gasteiger partial charge in [0.2, 0.25) is 0 Å². The summed E-state index contributed by atoms with van der Waals surface area (Å²) in [5.74, 6) is 1.15. The van der Waals surface area contributed by atoms with Gasteiger partial charge in [-0.05, 0) is 69.2 Å². The van der Waals surface area contributed by atoms with Crippen LogP contribution < -0.4 is 10.1 Å². The third-order valence-electron chi connectivity index (χ3n) is 4.34. The molecule has 0 radical (unpaired) electrons. The van der Waals surface area contributed by atoms with Crippen LogP contribution in [-0.2, 0) is 9.53 Å². The molecule has 1 atom stereocenters. The molecule has 0 spiro atoms. The van der Waals surface area contributed by atoms with E-state index in [1.165, 1.54) is 0 Å². The topological polar surface area (TPSA) is 47.6 Å². The van der Waals surface area contributed by atoms with Gasteiger partial charge in [-0.2, -0.15) is 0 Å². The quantitative estimate of drug-likeness (QED) is 0.832. The Balaban J connectivity index is 2.16. The van der Waals surface area contributed by atoms with Gasteiger partial charge in [0.1, 0.15) is 11.4 Å². The van der Waals surface area contributed by atoms with Crippen molar-refractivity contribution in [1.29, 1.82) is 0 Å². The molecule has 0 unspecified atom stereocenters. The Bertz CT molecular complexity index is 528. The van der Waals surface area contributed by atoms with Gasteiger partial charge in [-0.25, -0.2) is 0 Å². The van der Waals surface area contributed by atoms with Gasteiger partial charge in [-0.3, -0.25) is 4.79 Å². The van der Waals surface area contributed by atoms with E-state index in [-0.39, 0.29) is 5.91 Å². The number of anilines is 1. The standard InChI is InChI=1S/C18H27NO3/c1-6-9-22-18(4,14-7-8-14)17(20)19-15-10-12(2)16(21-5)13(3)11-15/h10-11,14H,6-9H2,1-5H3,(H,19,20)/t18-/m0/s1. The highest BCUT2D eigenvalue weighted by molar-refractivity contribution is 5.97. The summed E-state index contributed by atoms with van der Waals surface area (Å²) in [5, 5.41) is 3.03. The van der Waals surface area contributed by atoms with Crippen molar-refractivity contribution in [2.45, 2.75) is 52.6 Å². The Morgan fingerprint density at radius 1 is 1.32 bits per heavy atom. The van der Waals surface area contributed by atoms with Gasteiger partial charge < -0.3 is 14.8 Å². The third kappa shape index (κ3) is 3.43. The lowest BCUT2D eigenvalue weighted by Gasteiger charge is -2.29. The molecule has 122 valence electrons. The van der Waals surface area contributed by atoms with Gasteiger partial charge >= 0.3 is 0 Å². The van der Waals surface area contributed by atoms with Crippen LogP contribution in [0.5, 0.6) is 5.75 Å². The third-order valence-corrected chi connectivity index (χ3v) is 4.34. The Morgan fingerprint density at radius 3 is 2.36 bits per heavy atom. The minimum absolute atomic E-state index is 0.0487. The van der Waals surface area contributed by atoms with Gasteiger partial charge in [-0.1, -0.05) is 6.92 Å². The molecule has 4 heteroatoms. The highest BCUT2D eigenvalue weighted by Gasteiger charge is 2.48. The first-order valence-corrected chi connectivity index (χ1v) is 8.03. The molecule has 1 aliphatic carbocycles. The summed E-state index contributed by atoms with van der Waals surface area (Å²) in [6.45, 7) is 8.55. The van der Waals surface area contributed by atoms with Crippen LogP contribution in [0.25, 0.3) is 0 Å². The number of benzene rings is 1. The summed E-state index contributed by atoms with van der Waals surface area (Å²) in [5.41, 5.74) is 2.10.